The van der Waals surface area contributed by atoms with Crippen LogP contribution in [0, 0.1) is 5.41 Å². The lowest BCUT2D eigenvalue weighted by Gasteiger charge is -2.28. The van der Waals surface area contributed by atoms with Crippen LogP contribution >= 0.6 is 0 Å². The molecule has 1 aliphatic rings. The Morgan fingerprint density at radius 2 is 2.42 bits per heavy atom. The van der Waals surface area contributed by atoms with Crippen molar-refractivity contribution in [2.75, 3.05) is 20.3 Å². The van der Waals surface area contributed by atoms with Gasteiger partial charge >= 0.3 is 5.97 Å². The van der Waals surface area contributed by atoms with Gasteiger partial charge in [0.1, 0.15) is 11.7 Å². The molecule has 1 fully saturated rings. The molecule has 12 heavy (non-hydrogen) atoms. The summed E-state index contributed by atoms with van der Waals surface area (Å²) < 4.78 is 9.60. The molecule has 1 heterocycles. The highest BCUT2D eigenvalue weighted by atomic mass is 16.5. The summed E-state index contributed by atoms with van der Waals surface area (Å²) in [5, 5.41) is 0. The molecule has 0 saturated carbocycles. The third-order valence-corrected chi connectivity index (χ3v) is 2.09. The number of carbonyl (C=O) groups is 2. The molecule has 0 spiro atoms. The average molecular weight is 172 g/mol. The summed E-state index contributed by atoms with van der Waals surface area (Å²) in [5.41, 5.74) is -1.03. The Hall–Kier alpha value is -0.900. The molecule has 0 bridgehead atoms. The summed E-state index contributed by atoms with van der Waals surface area (Å²) in [7, 11) is 1.28. The standard InChI is InChI=1S/C8H12O4/c1-11-7(10)8(5-9)3-2-4-12-6-8/h5H,2-4,6H2,1H3. The minimum atomic E-state index is -1.03. The summed E-state index contributed by atoms with van der Waals surface area (Å²) in [4.78, 5) is 21.9. The van der Waals surface area contributed by atoms with E-state index in [0.29, 0.717) is 19.3 Å². The molecular weight excluding hydrogens is 160 g/mol. The van der Waals surface area contributed by atoms with Crippen LogP contribution in [-0.2, 0) is 19.1 Å². The van der Waals surface area contributed by atoms with Gasteiger partial charge in [-0.1, -0.05) is 0 Å². The van der Waals surface area contributed by atoms with Gasteiger partial charge in [-0.3, -0.25) is 4.79 Å². The van der Waals surface area contributed by atoms with Gasteiger partial charge in [-0.15, -0.1) is 0 Å². The van der Waals surface area contributed by atoms with E-state index in [0.717, 1.165) is 6.42 Å². The van der Waals surface area contributed by atoms with Crippen molar-refractivity contribution in [3.63, 3.8) is 0 Å². The van der Waals surface area contributed by atoms with Crippen molar-refractivity contribution in [2.45, 2.75) is 12.8 Å². The first-order valence-electron chi connectivity index (χ1n) is 3.88. The molecule has 1 saturated heterocycles. The highest BCUT2D eigenvalue weighted by molar-refractivity contribution is 5.93. The zero-order valence-electron chi connectivity index (χ0n) is 7.04. The first kappa shape index (κ1) is 9.19. The number of aldehydes is 1. The SMILES string of the molecule is COC(=O)C1(C=O)CCCOC1. The Morgan fingerprint density at radius 3 is 2.83 bits per heavy atom. The minimum absolute atomic E-state index is 0.156. The van der Waals surface area contributed by atoms with Gasteiger partial charge < -0.3 is 14.3 Å². The van der Waals surface area contributed by atoms with Gasteiger partial charge in [0.2, 0.25) is 0 Å². The molecule has 1 aliphatic heterocycles. The second-order valence-corrected chi connectivity index (χ2v) is 2.92. The molecule has 4 nitrogen and oxygen atoms in total. The molecule has 0 aromatic heterocycles. The van der Waals surface area contributed by atoms with Gasteiger partial charge in [0.05, 0.1) is 13.7 Å². The van der Waals surface area contributed by atoms with Crippen molar-refractivity contribution in [1.82, 2.24) is 0 Å². The number of carbonyl (C=O) groups excluding carboxylic acids is 2. The Bertz CT molecular complexity index is 181. The van der Waals surface area contributed by atoms with Crippen LogP contribution in [0.25, 0.3) is 0 Å². The van der Waals surface area contributed by atoms with Crippen LogP contribution in [0.1, 0.15) is 12.8 Å². The van der Waals surface area contributed by atoms with Crippen LogP contribution in [0.2, 0.25) is 0 Å². The summed E-state index contributed by atoms with van der Waals surface area (Å²) in [6.07, 6.45) is 1.90. The zero-order valence-corrected chi connectivity index (χ0v) is 7.04. The number of methoxy groups -OCH3 is 1. The molecule has 0 N–H and O–H groups in total. The maximum atomic E-state index is 11.2. The van der Waals surface area contributed by atoms with Crippen LogP contribution in [0.4, 0.5) is 0 Å². The molecule has 0 radical (unpaired) electrons. The van der Waals surface area contributed by atoms with Crippen LogP contribution in [0.3, 0.4) is 0 Å². The van der Waals surface area contributed by atoms with Crippen LogP contribution in [0.15, 0.2) is 0 Å². The third kappa shape index (κ3) is 1.48. The van der Waals surface area contributed by atoms with Gasteiger partial charge in [-0.05, 0) is 12.8 Å². The lowest BCUT2D eigenvalue weighted by molar-refractivity contribution is -0.162. The summed E-state index contributed by atoms with van der Waals surface area (Å²) in [6, 6.07) is 0. The lowest BCUT2D eigenvalue weighted by Crippen LogP contribution is -2.41. The van der Waals surface area contributed by atoms with E-state index in [9.17, 15) is 9.59 Å². The molecule has 0 aromatic rings. The first-order valence-corrected chi connectivity index (χ1v) is 3.88. The van der Waals surface area contributed by atoms with E-state index in [1.165, 1.54) is 7.11 Å². The van der Waals surface area contributed by atoms with E-state index in [2.05, 4.69) is 4.74 Å². The quantitative estimate of drug-likeness (QED) is 0.338. The van der Waals surface area contributed by atoms with Crippen LogP contribution < -0.4 is 0 Å². The van der Waals surface area contributed by atoms with Gasteiger partial charge in [0.25, 0.3) is 0 Å². The molecular formula is C8H12O4. The fourth-order valence-electron chi connectivity index (χ4n) is 1.32. The van der Waals surface area contributed by atoms with Crippen molar-refractivity contribution in [1.29, 1.82) is 0 Å². The minimum Gasteiger partial charge on any atom is -0.468 e. The Balaban J connectivity index is 2.72. The van der Waals surface area contributed by atoms with Crippen molar-refractivity contribution >= 4 is 12.3 Å². The van der Waals surface area contributed by atoms with Gasteiger partial charge in [-0.2, -0.15) is 0 Å². The van der Waals surface area contributed by atoms with E-state index in [4.69, 9.17) is 4.74 Å². The second kappa shape index (κ2) is 3.67. The van der Waals surface area contributed by atoms with E-state index < -0.39 is 11.4 Å². The van der Waals surface area contributed by atoms with Crippen LogP contribution in [-0.4, -0.2) is 32.6 Å². The summed E-state index contributed by atoms with van der Waals surface area (Å²) in [6.45, 7) is 0.774. The van der Waals surface area contributed by atoms with Crippen molar-refractivity contribution in [3.05, 3.63) is 0 Å². The number of rotatable bonds is 2. The van der Waals surface area contributed by atoms with E-state index in [-0.39, 0.29) is 6.61 Å². The number of hydrogen-bond donors (Lipinski definition) is 0. The smallest absolute Gasteiger partial charge is 0.321 e. The Labute approximate surface area is 70.8 Å². The molecule has 1 rings (SSSR count). The van der Waals surface area contributed by atoms with E-state index >= 15 is 0 Å². The van der Waals surface area contributed by atoms with Gasteiger partial charge in [-0.25, -0.2) is 0 Å². The van der Waals surface area contributed by atoms with Crippen molar-refractivity contribution in [2.24, 2.45) is 5.41 Å². The van der Waals surface area contributed by atoms with E-state index in [1.807, 2.05) is 0 Å². The predicted molar refractivity (Wildman–Crippen MR) is 40.6 cm³/mol. The van der Waals surface area contributed by atoms with Crippen molar-refractivity contribution < 1.29 is 19.1 Å². The lowest BCUT2D eigenvalue weighted by atomic mass is 9.84. The highest BCUT2D eigenvalue weighted by Crippen LogP contribution is 2.27. The monoisotopic (exact) mass is 172 g/mol. The largest absolute Gasteiger partial charge is 0.468 e. The first-order chi connectivity index (χ1) is 5.75. The fourth-order valence-corrected chi connectivity index (χ4v) is 1.32. The number of hydrogen-bond acceptors (Lipinski definition) is 4. The molecule has 0 amide bonds. The fraction of sp³-hybridized carbons (Fsp3) is 0.750. The molecule has 68 valence electrons. The molecule has 1 atom stereocenters. The number of esters is 1. The normalized spacial score (nSPS) is 29.4. The molecule has 0 aliphatic carbocycles. The van der Waals surface area contributed by atoms with Crippen molar-refractivity contribution in [3.8, 4) is 0 Å². The topological polar surface area (TPSA) is 52.6 Å². The predicted octanol–water partition coefficient (Wildman–Crippen LogP) is 0.155. The maximum Gasteiger partial charge on any atom is 0.321 e. The molecule has 4 heteroatoms. The maximum absolute atomic E-state index is 11.2. The second-order valence-electron chi connectivity index (χ2n) is 2.92. The Morgan fingerprint density at radius 1 is 1.67 bits per heavy atom. The van der Waals surface area contributed by atoms with E-state index in [1.54, 1.807) is 0 Å². The van der Waals surface area contributed by atoms with Gasteiger partial charge in [0, 0.05) is 6.61 Å². The van der Waals surface area contributed by atoms with Gasteiger partial charge in [0.15, 0.2) is 0 Å². The Kier molecular flexibility index (Phi) is 2.81. The molecule has 0 aromatic carbocycles. The summed E-state index contributed by atoms with van der Waals surface area (Å²) >= 11 is 0. The number of ether oxygens (including phenoxy) is 2. The highest BCUT2D eigenvalue weighted by Gasteiger charge is 2.41. The third-order valence-electron chi connectivity index (χ3n) is 2.09. The average Bonchev–Trinajstić information content (AvgIpc) is 2.17. The summed E-state index contributed by atoms with van der Waals surface area (Å²) in [5.74, 6) is -0.489. The molecule has 1 unspecified atom stereocenters. The zero-order chi connectivity index (χ0) is 9.03. The van der Waals surface area contributed by atoms with Crippen LogP contribution in [0.5, 0.6) is 0 Å².